The Kier molecular flexibility index (Phi) is 4.68. The van der Waals surface area contributed by atoms with Gasteiger partial charge in [0.15, 0.2) is 0 Å². The third kappa shape index (κ3) is 3.92. The number of nitrogens with one attached hydrogen (secondary N) is 2. The van der Waals surface area contributed by atoms with E-state index in [1.165, 1.54) is 4.68 Å². The van der Waals surface area contributed by atoms with Gasteiger partial charge in [0, 0.05) is 31.5 Å². The topological polar surface area (TPSA) is 76.8 Å². The predicted octanol–water partition coefficient (Wildman–Crippen LogP) is -0.229. The van der Waals surface area contributed by atoms with Crippen LogP contribution in [-0.2, 0) is 13.1 Å². The molecule has 0 saturated heterocycles. The van der Waals surface area contributed by atoms with E-state index in [2.05, 4.69) is 20.8 Å². The van der Waals surface area contributed by atoms with Crippen LogP contribution in [-0.4, -0.2) is 39.7 Å². The molecular weight excluding hydrogens is 244 g/mol. The molecule has 0 atom stereocenters. The lowest BCUT2D eigenvalue weighted by Gasteiger charge is -2.08. The second-order valence-electron chi connectivity index (χ2n) is 4.11. The Labute approximate surface area is 111 Å². The number of aryl methyl sites for hydroxylation is 2. The largest absolute Gasteiger partial charge is 0.382 e. The number of hydrogen-bond donors (Lipinski definition) is 2. The lowest BCUT2D eigenvalue weighted by atomic mass is 10.4. The number of rotatable bonds is 7. The van der Waals surface area contributed by atoms with E-state index >= 15 is 0 Å². The van der Waals surface area contributed by atoms with E-state index < -0.39 is 0 Å². The fourth-order valence-corrected chi connectivity index (χ4v) is 1.66. The smallest absolute Gasteiger partial charge is 0.268 e. The molecule has 0 aliphatic heterocycles. The lowest BCUT2D eigenvalue weighted by Crippen LogP contribution is -2.25. The molecule has 19 heavy (non-hydrogen) atoms. The van der Waals surface area contributed by atoms with E-state index in [1.54, 1.807) is 23.1 Å². The van der Waals surface area contributed by atoms with Crippen LogP contribution < -0.4 is 16.2 Å². The molecule has 7 nitrogen and oxygen atoms in total. The maximum absolute atomic E-state index is 11.8. The minimum atomic E-state index is -0.110. The quantitative estimate of drug-likeness (QED) is 0.674. The molecule has 0 radical (unpaired) electrons. The molecule has 0 unspecified atom stereocenters. The Bertz CT molecular complexity index is 548. The fraction of sp³-hybridized carbons (Fsp3) is 0.417. The summed E-state index contributed by atoms with van der Waals surface area (Å²) < 4.78 is 3.21. The van der Waals surface area contributed by atoms with Crippen molar-refractivity contribution in [1.82, 2.24) is 24.9 Å². The van der Waals surface area contributed by atoms with Gasteiger partial charge in [-0.15, -0.1) is 0 Å². The first kappa shape index (κ1) is 13.3. The molecule has 0 aliphatic carbocycles. The highest BCUT2D eigenvalue weighted by Crippen LogP contribution is 1.98. The van der Waals surface area contributed by atoms with Gasteiger partial charge in [0.1, 0.15) is 0 Å². The van der Waals surface area contributed by atoms with Crippen molar-refractivity contribution in [3.63, 3.8) is 0 Å². The molecule has 0 spiro atoms. The second-order valence-corrected chi connectivity index (χ2v) is 4.11. The maximum Gasteiger partial charge on any atom is 0.268 e. The van der Waals surface area contributed by atoms with Crippen LogP contribution in [0.4, 0.5) is 5.69 Å². The van der Waals surface area contributed by atoms with Crippen LogP contribution in [0.2, 0.25) is 0 Å². The fourth-order valence-electron chi connectivity index (χ4n) is 1.66. The highest BCUT2D eigenvalue weighted by atomic mass is 16.1. The summed E-state index contributed by atoms with van der Waals surface area (Å²) in [5.74, 6) is 0. The normalized spacial score (nSPS) is 10.6. The molecule has 0 fully saturated rings. The molecular formula is C12H18N6O. The zero-order valence-corrected chi connectivity index (χ0v) is 10.9. The second kappa shape index (κ2) is 6.69. The third-order valence-electron chi connectivity index (χ3n) is 2.67. The van der Waals surface area contributed by atoms with Gasteiger partial charge in [0.2, 0.25) is 0 Å². The summed E-state index contributed by atoms with van der Waals surface area (Å²) in [7, 11) is 1.88. The van der Waals surface area contributed by atoms with Gasteiger partial charge in [-0.1, -0.05) is 0 Å². The van der Waals surface area contributed by atoms with Crippen LogP contribution in [0.25, 0.3) is 0 Å². The Morgan fingerprint density at radius 2 is 2.16 bits per heavy atom. The van der Waals surface area contributed by atoms with Crippen molar-refractivity contribution >= 4 is 5.69 Å². The van der Waals surface area contributed by atoms with Crippen molar-refractivity contribution in [3.8, 4) is 0 Å². The van der Waals surface area contributed by atoms with Gasteiger partial charge in [-0.3, -0.25) is 9.48 Å². The molecule has 7 heteroatoms. The van der Waals surface area contributed by atoms with Gasteiger partial charge < -0.3 is 10.6 Å². The van der Waals surface area contributed by atoms with Crippen LogP contribution in [0.3, 0.4) is 0 Å². The van der Waals surface area contributed by atoms with E-state index in [4.69, 9.17) is 0 Å². The average Bonchev–Trinajstić information content (AvgIpc) is 2.91. The number of likely N-dealkylation sites (N-methyl/N-ethyl adjacent to an activating group) is 1. The van der Waals surface area contributed by atoms with Crippen molar-refractivity contribution < 1.29 is 0 Å². The molecule has 102 valence electrons. The van der Waals surface area contributed by atoms with Gasteiger partial charge in [-0.25, -0.2) is 4.68 Å². The lowest BCUT2D eigenvalue weighted by molar-refractivity contribution is 0.482. The third-order valence-corrected chi connectivity index (χ3v) is 2.67. The number of nitrogens with zero attached hydrogens (tertiary/aromatic N) is 4. The minimum Gasteiger partial charge on any atom is -0.382 e. The first-order valence-electron chi connectivity index (χ1n) is 6.22. The van der Waals surface area contributed by atoms with Crippen LogP contribution in [0, 0.1) is 0 Å². The summed E-state index contributed by atoms with van der Waals surface area (Å²) in [6.07, 6.45) is 5.24. The summed E-state index contributed by atoms with van der Waals surface area (Å²) in [4.78, 5) is 11.8. The first-order valence-corrected chi connectivity index (χ1v) is 6.22. The Morgan fingerprint density at radius 3 is 2.84 bits per heavy atom. The van der Waals surface area contributed by atoms with E-state index in [1.807, 2.05) is 19.3 Å². The van der Waals surface area contributed by atoms with Crippen molar-refractivity contribution in [2.75, 3.05) is 25.5 Å². The van der Waals surface area contributed by atoms with Gasteiger partial charge in [0.25, 0.3) is 5.56 Å². The van der Waals surface area contributed by atoms with Crippen LogP contribution >= 0.6 is 0 Å². The summed E-state index contributed by atoms with van der Waals surface area (Å²) in [5, 5.41) is 14.4. The zero-order chi connectivity index (χ0) is 13.5. The van der Waals surface area contributed by atoms with Gasteiger partial charge in [-0.05, 0) is 13.1 Å². The average molecular weight is 262 g/mol. The summed E-state index contributed by atoms with van der Waals surface area (Å²) in [5.41, 5.74) is 0.636. The van der Waals surface area contributed by atoms with Crippen molar-refractivity contribution in [2.45, 2.75) is 13.1 Å². The summed E-state index contributed by atoms with van der Waals surface area (Å²) in [6.45, 7) is 2.74. The van der Waals surface area contributed by atoms with Crippen LogP contribution in [0.15, 0.2) is 35.5 Å². The van der Waals surface area contributed by atoms with E-state index in [-0.39, 0.29) is 5.56 Å². The molecule has 2 rings (SSSR count). The zero-order valence-electron chi connectivity index (χ0n) is 10.9. The highest BCUT2D eigenvalue weighted by Gasteiger charge is 2.00. The Morgan fingerprint density at radius 1 is 1.26 bits per heavy atom. The predicted molar refractivity (Wildman–Crippen MR) is 73.1 cm³/mol. The first-order chi connectivity index (χ1) is 9.29. The van der Waals surface area contributed by atoms with Crippen LogP contribution in [0.1, 0.15) is 0 Å². The van der Waals surface area contributed by atoms with Crippen molar-refractivity contribution in [2.24, 2.45) is 0 Å². The highest BCUT2D eigenvalue weighted by molar-refractivity contribution is 5.38. The molecule has 0 bridgehead atoms. The Hall–Kier alpha value is -2.15. The standard InChI is InChI=1S/C12H18N6O/c1-13-4-5-14-11-9-12(19)18(16-10-11)8-7-17-6-2-3-15-17/h2-3,6,9-10,13-14H,4-5,7-8H2,1H3. The molecule has 0 amide bonds. The summed E-state index contributed by atoms with van der Waals surface area (Å²) in [6, 6.07) is 3.41. The van der Waals surface area contributed by atoms with Crippen molar-refractivity contribution in [3.05, 3.63) is 41.1 Å². The molecule has 2 aromatic heterocycles. The molecule has 0 saturated carbocycles. The van der Waals surface area contributed by atoms with Crippen molar-refractivity contribution in [1.29, 1.82) is 0 Å². The molecule has 2 aromatic rings. The SMILES string of the molecule is CNCCNc1cnn(CCn2cccn2)c(=O)c1. The monoisotopic (exact) mass is 262 g/mol. The van der Waals surface area contributed by atoms with Gasteiger partial charge >= 0.3 is 0 Å². The van der Waals surface area contributed by atoms with Crippen LogP contribution in [0.5, 0.6) is 0 Å². The van der Waals surface area contributed by atoms with E-state index in [0.717, 1.165) is 18.8 Å². The maximum atomic E-state index is 11.8. The van der Waals surface area contributed by atoms with E-state index in [9.17, 15) is 4.79 Å². The molecule has 0 aromatic carbocycles. The van der Waals surface area contributed by atoms with Gasteiger partial charge in [-0.2, -0.15) is 10.2 Å². The van der Waals surface area contributed by atoms with E-state index in [0.29, 0.717) is 13.1 Å². The summed E-state index contributed by atoms with van der Waals surface area (Å²) >= 11 is 0. The number of aromatic nitrogens is 4. The molecule has 2 N–H and O–H groups in total. The Balaban J connectivity index is 1.93. The number of hydrogen-bond acceptors (Lipinski definition) is 5. The minimum absolute atomic E-state index is 0.110. The number of anilines is 1. The van der Waals surface area contributed by atoms with Gasteiger partial charge in [0.05, 0.1) is 25.0 Å². The molecule has 2 heterocycles. The molecule has 0 aliphatic rings.